The number of halogens is 1. The fourth-order valence-corrected chi connectivity index (χ4v) is 4.29. The highest BCUT2D eigenvalue weighted by Crippen LogP contribution is 2.40. The highest BCUT2D eigenvalue weighted by Gasteiger charge is 2.43. The molecule has 0 unspecified atom stereocenters. The van der Waals surface area contributed by atoms with E-state index >= 15 is 0 Å². The Morgan fingerprint density at radius 3 is 2.75 bits per heavy atom. The van der Waals surface area contributed by atoms with Crippen molar-refractivity contribution in [1.82, 2.24) is 19.9 Å². The molecule has 126 valence electrons. The Morgan fingerprint density at radius 2 is 2.00 bits per heavy atom. The number of carbonyl (C=O) groups is 1. The smallest absolute Gasteiger partial charge is 0.273 e. The SMILES string of the molecule is O=C(c1cscn1)N1CCC[C@@]2(CCN(c3ncc(F)cn3)C2)C1. The van der Waals surface area contributed by atoms with Crippen LogP contribution in [0.2, 0.25) is 0 Å². The first-order valence-corrected chi connectivity index (χ1v) is 9.00. The van der Waals surface area contributed by atoms with Crippen molar-refractivity contribution in [3.05, 3.63) is 34.8 Å². The molecule has 4 rings (SSSR count). The summed E-state index contributed by atoms with van der Waals surface area (Å²) in [6.45, 7) is 3.16. The fraction of sp³-hybridized carbons (Fsp3) is 0.500. The monoisotopic (exact) mass is 347 g/mol. The van der Waals surface area contributed by atoms with Crippen LogP contribution in [0.1, 0.15) is 29.8 Å². The molecule has 0 saturated carbocycles. The molecule has 6 nitrogen and oxygen atoms in total. The van der Waals surface area contributed by atoms with E-state index in [1.807, 2.05) is 4.90 Å². The zero-order valence-electron chi connectivity index (χ0n) is 13.2. The number of nitrogens with zero attached hydrogens (tertiary/aromatic N) is 5. The van der Waals surface area contributed by atoms with Crippen molar-refractivity contribution in [3.63, 3.8) is 0 Å². The minimum atomic E-state index is -0.426. The van der Waals surface area contributed by atoms with E-state index in [1.54, 1.807) is 10.9 Å². The summed E-state index contributed by atoms with van der Waals surface area (Å²) < 4.78 is 13.0. The molecule has 2 aromatic rings. The Kier molecular flexibility index (Phi) is 3.91. The molecule has 1 spiro atoms. The minimum absolute atomic E-state index is 0.0202. The topological polar surface area (TPSA) is 62.2 Å². The van der Waals surface area contributed by atoms with Gasteiger partial charge in [0.1, 0.15) is 5.69 Å². The van der Waals surface area contributed by atoms with Gasteiger partial charge in [-0.15, -0.1) is 11.3 Å². The Morgan fingerprint density at radius 1 is 1.17 bits per heavy atom. The molecule has 0 aliphatic carbocycles. The van der Waals surface area contributed by atoms with E-state index in [1.165, 1.54) is 23.7 Å². The van der Waals surface area contributed by atoms with Gasteiger partial charge in [0, 0.05) is 37.0 Å². The van der Waals surface area contributed by atoms with Gasteiger partial charge in [-0.05, 0) is 19.3 Å². The Hall–Kier alpha value is -2.09. The normalized spacial score (nSPS) is 23.9. The van der Waals surface area contributed by atoms with Crippen molar-refractivity contribution in [2.75, 3.05) is 31.1 Å². The number of thiazole rings is 1. The van der Waals surface area contributed by atoms with Gasteiger partial charge in [-0.25, -0.2) is 19.3 Å². The lowest BCUT2D eigenvalue weighted by Gasteiger charge is -2.40. The Labute approximate surface area is 143 Å². The number of aromatic nitrogens is 3. The number of carbonyl (C=O) groups excluding carboxylic acids is 1. The third-order valence-corrected chi connectivity index (χ3v) is 5.51. The van der Waals surface area contributed by atoms with Crippen LogP contribution in [-0.2, 0) is 0 Å². The first-order chi connectivity index (χ1) is 11.7. The molecule has 2 saturated heterocycles. The van der Waals surface area contributed by atoms with Crippen LogP contribution in [0.5, 0.6) is 0 Å². The van der Waals surface area contributed by atoms with Crippen LogP contribution in [0.15, 0.2) is 23.3 Å². The highest BCUT2D eigenvalue weighted by atomic mass is 32.1. The Balaban J connectivity index is 1.47. The lowest BCUT2D eigenvalue weighted by molar-refractivity contribution is 0.0551. The number of hydrogen-bond acceptors (Lipinski definition) is 6. The lowest BCUT2D eigenvalue weighted by Crippen LogP contribution is -2.47. The number of piperidine rings is 1. The molecular weight excluding hydrogens is 329 g/mol. The van der Waals surface area contributed by atoms with Crippen molar-refractivity contribution in [2.45, 2.75) is 19.3 Å². The molecule has 2 aromatic heterocycles. The van der Waals surface area contributed by atoms with Crippen molar-refractivity contribution in [2.24, 2.45) is 5.41 Å². The fourth-order valence-electron chi connectivity index (χ4n) is 3.77. The maximum absolute atomic E-state index is 13.0. The summed E-state index contributed by atoms with van der Waals surface area (Å²) in [5.74, 6) is 0.161. The zero-order valence-corrected chi connectivity index (χ0v) is 14.0. The average molecular weight is 347 g/mol. The molecule has 0 bridgehead atoms. The maximum atomic E-state index is 13.0. The molecule has 0 N–H and O–H groups in total. The second-order valence-corrected chi connectivity index (χ2v) is 7.30. The van der Waals surface area contributed by atoms with Crippen LogP contribution in [-0.4, -0.2) is 51.9 Å². The molecular formula is C16H18FN5OS. The molecule has 0 radical (unpaired) electrons. The third kappa shape index (κ3) is 2.86. The van der Waals surface area contributed by atoms with E-state index in [-0.39, 0.29) is 11.3 Å². The summed E-state index contributed by atoms with van der Waals surface area (Å²) in [5.41, 5.74) is 2.30. The molecule has 2 aliphatic heterocycles. The summed E-state index contributed by atoms with van der Waals surface area (Å²) in [4.78, 5) is 28.9. The van der Waals surface area contributed by atoms with E-state index in [4.69, 9.17) is 0 Å². The number of rotatable bonds is 2. The summed E-state index contributed by atoms with van der Waals surface area (Å²) >= 11 is 1.44. The van der Waals surface area contributed by atoms with Crippen LogP contribution >= 0.6 is 11.3 Å². The van der Waals surface area contributed by atoms with Gasteiger partial charge in [-0.2, -0.15) is 0 Å². The van der Waals surface area contributed by atoms with Crippen LogP contribution in [0, 0.1) is 11.2 Å². The van der Waals surface area contributed by atoms with Crippen molar-refractivity contribution >= 4 is 23.2 Å². The third-order valence-electron chi connectivity index (χ3n) is 4.93. The number of anilines is 1. The van der Waals surface area contributed by atoms with Gasteiger partial charge in [0.05, 0.1) is 17.9 Å². The predicted molar refractivity (Wildman–Crippen MR) is 88.5 cm³/mol. The van der Waals surface area contributed by atoms with Crippen LogP contribution < -0.4 is 4.90 Å². The average Bonchev–Trinajstić information content (AvgIpc) is 3.26. The number of likely N-dealkylation sites (tertiary alicyclic amines) is 1. The first-order valence-electron chi connectivity index (χ1n) is 8.05. The summed E-state index contributed by atoms with van der Waals surface area (Å²) in [7, 11) is 0. The standard InChI is InChI=1S/C16H18FN5OS/c17-12-6-18-15(19-7-12)22-5-3-16(10-22)2-1-4-21(9-16)14(23)13-8-24-11-20-13/h6-8,11H,1-5,9-10H2/t16-/m1/s1. The highest BCUT2D eigenvalue weighted by molar-refractivity contribution is 7.07. The van der Waals surface area contributed by atoms with Gasteiger partial charge in [0.25, 0.3) is 5.91 Å². The summed E-state index contributed by atoms with van der Waals surface area (Å²) in [5, 5.41) is 1.80. The van der Waals surface area contributed by atoms with Crippen LogP contribution in [0.3, 0.4) is 0 Å². The van der Waals surface area contributed by atoms with Gasteiger partial charge in [-0.1, -0.05) is 0 Å². The quantitative estimate of drug-likeness (QED) is 0.833. The van der Waals surface area contributed by atoms with Gasteiger partial charge >= 0.3 is 0 Å². The van der Waals surface area contributed by atoms with Crippen molar-refractivity contribution in [1.29, 1.82) is 0 Å². The summed E-state index contributed by atoms with van der Waals surface area (Å²) in [6.07, 6.45) is 5.48. The van der Waals surface area contributed by atoms with Crippen molar-refractivity contribution in [3.8, 4) is 0 Å². The molecule has 8 heteroatoms. The van der Waals surface area contributed by atoms with E-state index in [0.717, 1.165) is 45.4 Å². The van der Waals surface area contributed by atoms with Gasteiger partial charge in [-0.3, -0.25) is 4.79 Å². The van der Waals surface area contributed by atoms with Gasteiger partial charge in [0.15, 0.2) is 5.82 Å². The minimum Gasteiger partial charge on any atom is -0.340 e. The molecule has 0 aromatic carbocycles. The van der Waals surface area contributed by atoms with Gasteiger partial charge in [0.2, 0.25) is 5.95 Å². The Bertz CT molecular complexity index is 723. The molecule has 1 amide bonds. The maximum Gasteiger partial charge on any atom is 0.273 e. The van der Waals surface area contributed by atoms with Gasteiger partial charge < -0.3 is 9.80 Å². The van der Waals surface area contributed by atoms with Crippen LogP contribution in [0.25, 0.3) is 0 Å². The second kappa shape index (κ2) is 6.08. The largest absolute Gasteiger partial charge is 0.340 e. The lowest BCUT2D eigenvalue weighted by atomic mass is 9.79. The van der Waals surface area contributed by atoms with E-state index in [9.17, 15) is 9.18 Å². The number of amides is 1. The second-order valence-electron chi connectivity index (χ2n) is 6.58. The molecule has 2 fully saturated rings. The molecule has 2 aliphatic rings. The molecule has 1 atom stereocenters. The summed E-state index contributed by atoms with van der Waals surface area (Å²) in [6, 6.07) is 0. The van der Waals surface area contributed by atoms with Crippen molar-refractivity contribution < 1.29 is 9.18 Å². The molecule has 4 heterocycles. The van der Waals surface area contributed by atoms with E-state index in [0.29, 0.717) is 11.6 Å². The zero-order chi connectivity index (χ0) is 16.6. The number of hydrogen-bond donors (Lipinski definition) is 0. The molecule has 24 heavy (non-hydrogen) atoms. The predicted octanol–water partition coefficient (Wildman–Crippen LogP) is 2.20. The van der Waals surface area contributed by atoms with Crippen LogP contribution in [0.4, 0.5) is 10.3 Å². The first kappa shape index (κ1) is 15.4. The van der Waals surface area contributed by atoms with E-state index < -0.39 is 5.82 Å². The van der Waals surface area contributed by atoms with E-state index in [2.05, 4.69) is 19.9 Å².